The monoisotopic (exact) mass is 286 g/mol. The van der Waals surface area contributed by atoms with E-state index in [1.54, 1.807) is 24.4 Å². The maximum Gasteiger partial charge on any atom is 0.335 e. The number of fused-ring (bicyclic) bond motifs is 1. The van der Waals surface area contributed by atoms with E-state index in [1.807, 2.05) is 6.07 Å². The number of hydrogen-bond donors (Lipinski definition) is 1. The molecule has 1 atom stereocenters. The van der Waals surface area contributed by atoms with Gasteiger partial charge in [-0.2, -0.15) is 0 Å². The molecule has 1 aliphatic heterocycles. The van der Waals surface area contributed by atoms with Gasteiger partial charge in [0, 0.05) is 17.6 Å². The Bertz CT molecular complexity index is 672. The highest BCUT2D eigenvalue weighted by Gasteiger charge is 2.21. The number of benzene rings is 1. The summed E-state index contributed by atoms with van der Waals surface area (Å²) in [5.41, 5.74) is 0.248. The average molecular weight is 286 g/mol. The van der Waals surface area contributed by atoms with Crippen LogP contribution in [-0.4, -0.2) is 47.2 Å². The highest BCUT2D eigenvalue weighted by Crippen LogP contribution is 2.25. The molecule has 5 nitrogen and oxygen atoms in total. The molecule has 0 aliphatic carbocycles. The van der Waals surface area contributed by atoms with Crippen molar-refractivity contribution in [2.45, 2.75) is 18.9 Å². The number of carboxylic acids is 1. The van der Waals surface area contributed by atoms with Crippen molar-refractivity contribution < 1.29 is 14.6 Å². The fourth-order valence-electron chi connectivity index (χ4n) is 2.75. The molecule has 1 aromatic heterocycles. The number of rotatable bonds is 4. The minimum atomic E-state index is -0.942. The van der Waals surface area contributed by atoms with Gasteiger partial charge in [0.05, 0.1) is 5.56 Å². The molecule has 0 radical (unpaired) electrons. The van der Waals surface area contributed by atoms with E-state index in [0.29, 0.717) is 18.5 Å². The molecule has 3 rings (SSSR count). The fourth-order valence-corrected chi connectivity index (χ4v) is 2.75. The predicted octanol–water partition coefficient (Wildman–Crippen LogP) is 2.41. The van der Waals surface area contributed by atoms with Crippen LogP contribution in [0.1, 0.15) is 23.2 Å². The summed E-state index contributed by atoms with van der Waals surface area (Å²) in [4.78, 5) is 17.6. The number of pyridine rings is 1. The Morgan fingerprint density at radius 2 is 2.33 bits per heavy atom. The molecule has 110 valence electrons. The van der Waals surface area contributed by atoms with Crippen LogP contribution >= 0.6 is 0 Å². The van der Waals surface area contributed by atoms with Crippen molar-refractivity contribution in [1.82, 2.24) is 9.88 Å². The quantitative estimate of drug-likeness (QED) is 0.935. The van der Waals surface area contributed by atoms with E-state index in [1.165, 1.54) is 6.42 Å². The molecule has 1 fully saturated rings. The first-order chi connectivity index (χ1) is 10.1. The molecule has 5 heteroatoms. The minimum absolute atomic E-state index is 0.248. The molecule has 1 aliphatic rings. The van der Waals surface area contributed by atoms with Gasteiger partial charge in [0.25, 0.3) is 0 Å². The highest BCUT2D eigenvalue weighted by atomic mass is 16.5. The molecule has 1 saturated heterocycles. The molecule has 0 amide bonds. The van der Waals surface area contributed by atoms with Crippen LogP contribution in [0.2, 0.25) is 0 Å². The van der Waals surface area contributed by atoms with Crippen molar-refractivity contribution in [2.24, 2.45) is 0 Å². The third-order valence-corrected chi connectivity index (χ3v) is 4.06. The SMILES string of the molecule is CN1CCCC1COc1nccc2ccc(C(=O)O)cc12. The van der Waals surface area contributed by atoms with Gasteiger partial charge in [-0.05, 0) is 50.0 Å². The van der Waals surface area contributed by atoms with E-state index in [4.69, 9.17) is 9.84 Å². The average Bonchev–Trinajstić information content (AvgIpc) is 2.89. The lowest BCUT2D eigenvalue weighted by Crippen LogP contribution is -2.30. The number of carboxylic acid groups (broad SMARTS) is 1. The normalized spacial score (nSPS) is 19.0. The Balaban J connectivity index is 1.86. The van der Waals surface area contributed by atoms with Gasteiger partial charge >= 0.3 is 5.97 Å². The van der Waals surface area contributed by atoms with Crippen molar-refractivity contribution in [2.75, 3.05) is 20.2 Å². The highest BCUT2D eigenvalue weighted by molar-refractivity contribution is 5.96. The second-order valence-corrected chi connectivity index (χ2v) is 5.44. The van der Waals surface area contributed by atoms with Crippen LogP contribution in [0.5, 0.6) is 5.88 Å². The van der Waals surface area contributed by atoms with Crippen molar-refractivity contribution in [3.63, 3.8) is 0 Å². The molecule has 2 heterocycles. The summed E-state index contributed by atoms with van der Waals surface area (Å²) in [6.45, 7) is 1.68. The number of likely N-dealkylation sites (N-methyl/N-ethyl adjacent to an activating group) is 1. The second-order valence-electron chi connectivity index (χ2n) is 5.44. The Morgan fingerprint density at radius 3 is 3.05 bits per heavy atom. The molecular formula is C16H18N2O3. The van der Waals surface area contributed by atoms with Crippen LogP contribution in [0.25, 0.3) is 10.8 Å². The number of likely N-dealkylation sites (tertiary alicyclic amines) is 1. The number of aromatic nitrogens is 1. The van der Waals surface area contributed by atoms with E-state index >= 15 is 0 Å². The fraction of sp³-hybridized carbons (Fsp3) is 0.375. The van der Waals surface area contributed by atoms with E-state index < -0.39 is 5.97 Å². The van der Waals surface area contributed by atoms with Crippen molar-refractivity contribution in [3.05, 3.63) is 36.0 Å². The summed E-state index contributed by atoms with van der Waals surface area (Å²) in [5.74, 6) is -0.432. The number of carbonyl (C=O) groups is 1. The maximum atomic E-state index is 11.1. The number of hydrogen-bond acceptors (Lipinski definition) is 4. The first-order valence-corrected chi connectivity index (χ1v) is 7.10. The van der Waals surface area contributed by atoms with Gasteiger partial charge < -0.3 is 14.7 Å². The standard InChI is InChI=1S/C16H18N2O3/c1-18-8-2-3-13(18)10-21-15-14-9-12(16(19)20)5-4-11(14)6-7-17-15/h4-7,9,13H,2-3,8,10H2,1H3,(H,19,20). The molecule has 1 unspecified atom stereocenters. The molecule has 1 aromatic carbocycles. The summed E-state index contributed by atoms with van der Waals surface area (Å²) in [6, 6.07) is 7.27. The Morgan fingerprint density at radius 1 is 1.48 bits per heavy atom. The smallest absolute Gasteiger partial charge is 0.335 e. The predicted molar refractivity (Wildman–Crippen MR) is 79.8 cm³/mol. The molecule has 2 aromatic rings. The first kappa shape index (κ1) is 13.8. The zero-order chi connectivity index (χ0) is 14.8. The minimum Gasteiger partial charge on any atom is -0.478 e. The summed E-state index contributed by atoms with van der Waals surface area (Å²) in [7, 11) is 2.10. The zero-order valence-electron chi connectivity index (χ0n) is 12.0. The van der Waals surface area contributed by atoms with Crippen molar-refractivity contribution >= 4 is 16.7 Å². The molecule has 0 spiro atoms. The van der Waals surface area contributed by atoms with E-state index in [2.05, 4.69) is 16.9 Å². The van der Waals surface area contributed by atoms with Gasteiger partial charge in [-0.25, -0.2) is 9.78 Å². The van der Waals surface area contributed by atoms with Gasteiger partial charge in [0.1, 0.15) is 6.61 Å². The van der Waals surface area contributed by atoms with Crippen LogP contribution in [0.15, 0.2) is 30.5 Å². The Hall–Kier alpha value is -2.14. The first-order valence-electron chi connectivity index (χ1n) is 7.10. The van der Waals surface area contributed by atoms with Gasteiger partial charge in [0.15, 0.2) is 0 Å². The largest absolute Gasteiger partial charge is 0.478 e. The Labute approximate surface area is 123 Å². The van der Waals surface area contributed by atoms with Gasteiger partial charge in [0.2, 0.25) is 5.88 Å². The van der Waals surface area contributed by atoms with Gasteiger partial charge in [-0.1, -0.05) is 6.07 Å². The van der Waals surface area contributed by atoms with Crippen LogP contribution in [0.4, 0.5) is 0 Å². The van der Waals surface area contributed by atoms with Crippen molar-refractivity contribution in [1.29, 1.82) is 0 Å². The Kier molecular flexibility index (Phi) is 3.75. The van der Waals surface area contributed by atoms with Crippen LogP contribution in [0.3, 0.4) is 0 Å². The topological polar surface area (TPSA) is 62.7 Å². The number of ether oxygens (including phenoxy) is 1. The van der Waals surface area contributed by atoms with Gasteiger partial charge in [-0.3, -0.25) is 0 Å². The molecule has 0 saturated carbocycles. The van der Waals surface area contributed by atoms with E-state index in [-0.39, 0.29) is 5.56 Å². The van der Waals surface area contributed by atoms with Gasteiger partial charge in [-0.15, -0.1) is 0 Å². The lowest BCUT2D eigenvalue weighted by molar-refractivity contribution is 0.0697. The zero-order valence-corrected chi connectivity index (χ0v) is 12.0. The van der Waals surface area contributed by atoms with E-state index in [9.17, 15) is 4.79 Å². The lowest BCUT2D eigenvalue weighted by atomic mass is 10.1. The molecule has 21 heavy (non-hydrogen) atoms. The van der Waals surface area contributed by atoms with Crippen LogP contribution in [-0.2, 0) is 0 Å². The summed E-state index contributed by atoms with van der Waals surface area (Å²) < 4.78 is 5.86. The molecular weight excluding hydrogens is 268 g/mol. The maximum absolute atomic E-state index is 11.1. The molecule has 0 bridgehead atoms. The lowest BCUT2D eigenvalue weighted by Gasteiger charge is -2.19. The summed E-state index contributed by atoms with van der Waals surface area (Å²) in [6.07, 6.45) is 4.01. The number of aromatic carboxylic acids is 1. The molecule has 1 N–H and O–H groups in total. The third-order valence-electron chi connectivity index (χ3n) is 4.06. The number of nitrogens with zero attached hydrogens (tertiary/aromatic N) is 2. The third kappa shape index (κ3) is 2.83. The van der Waals surface area contributed by atoms with Crippen molar-refractivity contribution in [3.8, 4) is 5.88 Å². The van der Waals surface area contributed by atoms with E-state index in [0.717, 1.165) is 23.7 Å². The summed E-state index contributed by atoms with van der Waals surface area (Å²) >= 11 is 0. The second kappa shape index (κ2) is 5.69. The summed E-state index contributed by atoms with van der Waals surface area (Å²) in [5, 5.41) is 10.8. The van der Waals surface area contributed by atoms with Crippen LogP contribution < -0.4 is 4.74 Å². The van der Waals surface area contributed by atoms with Crippen LogP contribution in [0, 0.1) is 0 Å².